The molecule has 6 nitrogen and oxygen atoms in total. The summed E-state index contributed by atoms with van der Waals surface area (Å²) in [5.41, 5.74) is 3.09. The van der Waals surface area contributed by atoms with Gasteiger partial charge in [-0.3, -0.25) is 4.79 Å². The molecule has 144 valence electrons. The molecular formula is C22H23N3O3. The maximum atomic E-state index is 12.6. The number of carbonyl (C=O) groups excluding carboxylic acids is 1. The van der Waals surface area contributed by atoms with Crippen LogP contribution in [0.2, 0.25) is 0 Å². The summed E-state index contributed by atoms with van der Waals surface area (Å²) in [4.78, 5) is 17.3. The van der Waals surface area contributed by atoms with Gasteiger partial charge < -0.3 is 20.1 Å². The molecule has 0 radical (unpaired) electrons. The molecule has 4 rings (SSSR count). The van der Waals surface area contributed by atoms with E-state index in [0.29, 0.717) is 18.7 Å². The number of hydrogen-bond donors (Lipinski definition) is 2. The standard InChI is InChI=1S/C22H23N3O3/c1-27-20-7-3-4-15-8-9-19(25-21(15)20)16-5-2-6-17(12-16)22(26)24-14-18-13-23-10-11-28-18/h2-9,12,18,23H,10-11,13-14H2,1H3,(H,24,26)/t18-/m0/s1. The normalized spacial score (nSPS) is 16.7. The van der Waals surface area contributed by atoms with Gasteiger partial charge in [0.25, 0.3) is 5.91 Å². The summed E-state index contributed by atoms with van der Waals surface area (Å²) >= 11 is 0. The number of amides is 1. The van der Waals surface area contributed by atoms with Crippen molar-refractivity contribution in [3.8, 4) is 17.0 Å². The van der Waals surface area contributed by atoms with Crippen molar-refractivity contribution >= 4 is 16.8 Å². The lowest BCUT2D eigenvalue weighted by molar-refractivity contribution is 0.0287. The van der Waals surface area contributed by atoms with Crippen molar-refractivity contribution in [2.24, 2.45) is 0 Å². The zero-order chi connectivity index (χ0) is 19.3. The zero-order valence-electron chi connectivity index (χ0n) is 15.8. The number of ether oxygens (including phenoxy) is 2. The first kappa shape index (κ1) is 18.4. The molecule has 0 aliphatic carbocycles. The van der Waals surface area contributed by atoms with Crippen LogP contribution in [0.25, 0.3) is 22.2 Å². The molecule has 1 atom stereocenters. The van der Waals surface area contributed by atoms with Crippen LogP contribution in [0.15, 0.2) is 54.6 Å². The Balaban J connectivity index is 1.54. The number of pyridine rings is 1. The van der Waals surface area contributed by atoms with E-state index < -0.39 is 0 Å². The van der Waals surface area contributed by atoms with E-state index in [1.54, 1.807) is 13.2 Å². The van der Waals surface area contributed by atoms with E-state index in [2.05, 4.69) is 10.6 Å². The highest BCUT2D eigenvalue weighted by atomic mass is 16.5. The second-order valence-electron chi connectivity index (χ2n) is 6.72. The number of nitrogens with zero attached hydrogens (tertiary/aromatic N) is 1. The molecule has 1 amide bonds. The fraction of sp³-hybridized carbons (Fsp3) is 0.273. The molecule has 0 bridgehead atoms. The first-order valence-electron chi connectivity index (χ1n) is 9.39. The van der Waals surface area contributed by atoms with Crippen LogP contribution in [0.1, 0.15) is 10.4 Å². The minimum atomic E-state index is -0.116. The van der Waals surface area contributed by atoms with Gasteiger partial charge in [0.05, 0.1) is 25.5 Å². The van der Waals surface area contributed by atoms with Crippen molar-refractivity contribution in [2.45, 2.75) is 6.10 Å². The van der Waals surface area contributed by atoms with Crippen LogP contribution in [-0.2, 0) is 4.74 Å². The Kier molecular flexibility index (Phi) is 5.50. The molecule has 1 fully saturated rings. The number of rotatable bonds is 5. The van der Waals surface area contributed by atoms with Crippen molar-refractivity contribution in [1.82, 2.24) is 15.6 Å². The molecule has 1 aliphatic heterocycles. The van der Waals surface area contributed by atoms with Gasteiger partial charge in [-0.05, 0) is 24.3 Å². The third-order valence-corrected chi connectivity index (χ3v) is 4.82. The van der Waals surface area contributed by atoms with Crippen LogP contribution < -0.4 is 15.4 Å². The SMILES string of the molecule is COc1cccc2ccc(-c3cccc(C(=O)NC[C@@H]4CNCCO4)c3)nc12. The number of para-hydroxylation sites is 1. The van der Waals surface area contributed by atoms with Crippen molar-refractivity contribution < 1.29 is 14.3 Å². The van der Waals surface area contributed by atoms with E-state index in [1.807, 2.05) is 48.5 Å². The highest BCUT2D eigenvalue weighted by molar-refractivity contribution is 5.95. The average molecular weight is 377 g/mol. The van der Waals surface area contributed by atoms with Gasteiger partial charge in [0.1, 0.15) is 11.3 Å². The van der Waals surface area contributed by atoms with E-state index in [0.717, 1.165) is 41.0 Å². The van der Waals surface area contributed by atoms with Crippen molar-refractivity contribution in [3.05, 3.63) is 60.2 Å². The first-order valence-corrected chi connectivity index (χ1v) is 9.39. The molecule has 2 heterocycles. The van der Waals surface area contributed by atoms with Crippen LogP contribution in [0.5, 0.6) is 5.75 Å². The second kappa shape index (κ2) is 8.37. The molecular weight excluding hydrogens is 354 g/mol. The van der Waals surface area contributed by atoms with Crippen LogP contribution in [-0.4, -0.2) is 50.3 Å². The molecule has 1 aliphatic rings. The molecule has 0 unspecified atom stereocenters. The lowest BCUT2D eigenvalue weighted by Crippen LogP contribution is -2.45. The Hall–Kier alpha value is -2.96. The zero-order valence-corrected chi connectivity index (χ0v) is 15.8. The number of aromatic nitrogens is 1. The number of hydrogen-bond acceptors (Lipinski definition) is 5. The summed E-state index contributed by atoms with van der Waals surface area (Å²) in [5.74, 6) is 0.615. The number of benzene rings is 2. The number of methoxy groups -OCH3 is 1. The number of carbonyl (C=O) groups is 1. The van der Waals surface area contributed by atoms with Gasteiger partial charge in [-0.25, -0.2) is 4.98 Å². The molecule has 3 aromatic rings. The Labute approximate surface area is 163 Å². The summed E-state index contributed by atoms with van der Waals surface area (Å²) in [6.07, 6.45) is 0.00972. The first-order chi connectivity index (χ1) is 13.7. The van der Waals surface area contributed by atoms with Crippen molar-refractivity contribution in [1.29, 1.82) is 0 Å². The van der Waals surface area contributed by atoms with Gasteiger partial charge in [0.15, 0.2) is 0 Å². The summed E-state index contributed by atoms with van der Waals surface area (Å²) in [5, 5.41) is 7.22. The molecule has 2 aromatic carbocycles. The van der Waals surface area contributed by atoms with Crippen molar-refractivity contribution in [2.75, 3.05) is 33.4 Å². The predicted octanol–water partition coefficient (Wildman–Crippen LogP) is 2.63. The second-order valence-corrected chi connectivity index (χ2v) is 6.72. The summed E-state index contributed by atoms with van der Waals surface area (Å²) < 4.78 is 11.0. The molecule has 1 saturated heterocycles. The summed E-state index contributed by atoms with van der Waals surface area (Å²) in [7, 11) is 1.64. The third kappa shape index (κ3) is 3.98. The van der Waals surface area contributed by atoms with E-state index in [1.165, 1.54) is 0 Å². The van der Waals surface area contributed by atoms with Crippen LogP contribution in [0, 0.1) is 0 Å². The highest BCUT2D eigenvalue weighted by Crippen LogP contribution is 2.27. The Morgan fingerprint density at radius 1 is 1.25 bits per heavy atom. The van der Waals surface area contributed by atoms with Gasteiger partial charge in [-0.2, -0.15) is 0 Å². The van der Waals surface area contributed by atoms with Gasteiger partial charge in [-0.15, -0.1) is 0 Å². The Morgan fingerprint density at radius 3 is 2.96 bits per heavy atom. The van der Waals surface area contributed by atoms with Gasteiger partial charge in [0.2, 0.25) is 0 Å². The van der Waals surface area contributed by atoms with Crippen LogP contribution >= 0.6 is 0 Å². The highest BCUT2D eigenvalue weighted by Gasteiger charge is 2.15. The molecule has 28 heavy (non-hydrogen) atoms. The lowest BCUT2D eigenvalue weighted by atomic mass is 10.1. The van der Waals surface area contributed by atoms with E-state index in [-0.39, 0.29) is 12.0 Å². The average Bonchev–Trinajstić information content (AvgIpc) is 2.77. The fourth-order valence-corrected chi connectivity index (χ4v) is 3.32. The number of nitrogens with one attached hydrogen (secondary N) is 2. The Bertz CT molecular complexity index is 984. The molecule has 2 N–H and O–H groups in total. The Morgan fingerprint density at radius 2 is 2.14 bits per heavy atom. The molecule has 0 saturated carbocycles. The molecule has 1 aromatic heterocycles. The predicted molar refractivity (Wildman–Crippen MR) is 109 cm³/mol. The maximum Gasteiger partial charge on any atom is 0.251 e. The van der Waals surface area contributed by atoms with Crippen LogP contribution in [0.3, 0.4) is 0 Å². The quantitative estimate of drug-likeness (QED) is 0.715. The van der Waals surface area contributed by atoms with Crippen molar-refractivity contribution in [3.63, 3.8) is 0 Å². The minimum Gasteiger partial charge on any atom is -0.494 e. The molecule has 6 heteroatoms. The van der Waals surface area contributed by atoms with Gasteiger partial charge in [0, 0.05) is 36.1 Å². The smallest absolute Gasteiger partial charge is 0.251 e. The molecule has 0 spiro atoms. The topological polar surface area (TPSA) is 72.5 Å². The third-order valence-electron chi connectivity index (χ3n) is 4.82. The summed E-state index contributed by atoms with van der Waals surface area (Å²) in [6, 6.07) is 17.3. The van der Waals surface area contributed by atoms with Crippen LogP contribution in [0.4, 0.5) is 0 Å². The number of morpholine rings is 1. The fourth-order valence-electron chi connectivity index (χ4n) is 3.32. The maximum absolute atomic E-state index is 12.6. The van der Waals surface area contributed by atoms with Gasteiger partial charge >= 0.3 is 0 Å². The van der Waals surface area contributed by atoms with E-state index in [4.69, 9.17) is 14.5 Å². The van der Waals surface area contributed by atoms with Gasteiger partial charge in [-0.1, -0.05) is 30.3 Å². The lowest BCUT2D eigenvalue weighted by Gasteiger charge is -2.23. The monoisotopic (exact) mass is 377 g/mol. The van der Waals surface area contributed by atoms with E-state index >= 15 is 0 Å². The number of fused-ring (bicyclic) bond motifs is 1. The minimum absolute atomic E-state index is 0.00972. The van der Waals surface area contributed by atoms with E-state index in [9.17, 15) is 4.79 Å². The summed E-state index contributed by atoms with van der Waals surface area (Å²) in [6.45, 7) is 2.77. The largest absolute Gasteiger partial charge is 0.494 e.